The number of hydrogen-bond acceptors (Lipinski definition) is 4. The van der Waals surface area contributed by atoms with Gasteiger partial charge in [-0.15, -0.1) is 11.3 Å². The fraction of sp³-hybridized carbons (Fsp3) is 0.364. The number of aromatic nitrogens is 2. The van der Waals surface area contributed by atoms with Crippen molar-refractivity contribution in [2.75, 3.05) is 0 Å². The first-order chi connectivity index (χ1) is 7.79. The molecule has 16 heavy (non-hydrogen) atoms. The Bertz CT molecular complexity index is 566. The zero-order chi connectivity index (χ0) is 11.1. The van der Waals surface area contributed by atoms with Gasteiger partial charge in [-0.2, -0.15) is 0 Å². The molecule has 2 aromatic rings. The molecule has 0 unspecified atom stereocenters. The van der Waals surface area contributed by atoms with Gasteiger partial charge in [0.2, 0.25) is 0 Å². The molecule has 0 saturated carbocycles. The molecular formula is C11H9ClN2OS. The largest absolute Gasteiger partial charge is 0.303 e. The number of thiophene rings is 1. The summed E-state index contributed by atoms with van der Waals surface area (Å²) in [4.78, 5) is 21.2. The zero-order valence-electron chi connectivity index (χ0n) is 8.44. The monoisotopic (exact) mass is 252 g/mol. The van der Waals surface area contributed by atoms with E-state index in [2.05, 4.69) is 9.97 Å². The van der Waals surface area contributed by atoms with E-state index in [1.165, 1.54) is 16.8 Å². The average Bonchev–Trinajstić information content (AvgIpc) is 2.67. The van der Waals surface area contributed by atoms with Crippen LogP contribution < -0.4 is 0 Å². The van der Waals surface area contributed by atoms with Crippen molar-refractivity contribution in [3.63, 3.8) is 0 Å². The van der Waals surface area contributed by atoms with Gasteiger partial charge in [0.05, 0.1) is 5.39 Å². The third-order valence-corrected chi connectivity index (χ3v) is 4.48. The Morgan fingerprint density at radius 2 is 2.38 bits per heavy atom. The second kappa shape index (κ2) is 3.79. The Hall–Kier alpha value is -1.00. The molecule has 0 aliphatic heterocycles. The molecule has 0 fully saturated rings. The topological polar surface area (TPSA) is 42.9 Å². The fourth-order valence-corrected chi connectivity index (χ4v) is 3.80. The van der Waals surface area contributed by atoms with Crippen molar-refractivity contribution in [1.82, 2.24) is 9.97 Å². The highest BCUT2D eigenvalue weighted by Crippen LogP contribution is 2.38. The minimum atomic E-state index is 0.160. The Morgan fingerprint density at radius 3 is 3.19 bits per heavy atom. The highest BCUT2D eigenvalue weighted by atomic mass is 35.5. The van der Waals surface area contributed by atoms with E-state index in [4.69, 9.17) is 11.6 Å². The quantitative estimate of drug-likeness (QED) is 0.579. The normalized spacial score (nSPS) is 19.7. The Kier molecular flexibility index (Phi) is 2.41. The van der Waals surface area contributed by atoms with Crippen molar-refractivity contribution in [2.45, 2.75) is 19.3 Å². The summed E-state index contributed by atoms with van der Waals surface area (Å²) in [6.07, 6.45) is 5.19. The molecule has 5 heteroatoms. The number of carbonyl (C=O) groups is 1. The lowest BCUT2D eigenvalue weighted by Crippen LogP contribution is -2.13. The number of halogens is 1. The van der Waals surface area contributed by atoms with E-state index >= 15 is 0 Å². The summed E-state index contributed by atoms with van der Waals surface area (Å²) in [5, 5.41) is 1.53. The third kappa shape index (κ3) is 1.44. The minimum absolute atomic E-state index is 0.160. The van der Waals surface area contributed by atoms with Gasteiger partial charge in [0, 0.05) is 10.8 Å². The fourth-order valence-electron chi connectivity index (χ4n) is 2.21. The van der Waals surface area contributed by atoms with Crippen LogP contribution in [-0.2, 0) is 17.6 Å². The van der Waals surface area contributed by atoms with E-state index < -0.39 is 0 Å². The van der Waals surface area contributed by atoms with Crippen LogP contribution >= 0.6 is 22.9 Å². The van der Waals surface area contributed by atoms with E-state index in [1.54, 1.807) is 11.3 Å². The molecule has 3 rings (SSSR count). The second-order valence-electron chi connectivity index (χ2n) is 3.99. The summed E-state index contributed by atoms with van der Waals surface area (Å²) in [7, 11) is 0. The highest BCUT2D eigenvalue weighted by molar-refractivity contribution is 7.19. The second-order valence-corrected chi connectivity index (χ2v) is 5.43. The van der Waals surface area contributed by atoms with E-state index in [-0.39, 0.29) is 5.92 Å². The Balaban J connectivity index is 2.20. The van der Waals surface area contributed by atoms with Gasteiger partial charge in [-0.1, -0.05) is 11.6 Å². The van der Waals surface area contributed by atoms with Gasteiger partial charge in [0.15, 0.2) is 0 Å². The summed E-state index contributed by atoms with van der Waals surface area (Å²) in [6, 6.07) is 0. The van der Waals surface area contributed by atoms with Gasteiger partial charge >= 0.3 is 0 Å². The molecule has 1 atom stereocenters. The first-order valence-corrected chi connectivity index (χ1v) is 6.35. The van der Waals surface area contributed by atoms with Gasteiger partial charge in [-0.25, -0.2) is 9.97 Å². The first-order valence-electron chi connectivity index (χ1n) is 5.15. The number of hydrogen-bond donors (Lipinski definition) is 0. The predicted octanol–water partition coefficient (Wildman–Crippen LogP) is 2.65. The van der Waals surface area contributed by atoms with E-state index in [9.17, 15) is 4.79 Å². The van der Waals surface area contributed by atoms with Gasteiger partial charge in [-0.05, 0) is 24.8 Å². The van der Waals surface area contributed by atoms with Gasteiger partial charge in [0.25, 0.3) is 0 Å². The molecular weight excluding hydrogens is 244 g/mol. The summed E-state index contributed by atoms with van der Waals surface area (Å²) >= 11 is 7.73. The number of rotatable bonds is 1. The molecule has 0 bridgehead atoms. The third-order valence-electron chi connectivity index (χ3n) is 3.03. The van der Waals surface area contributed by atoms with Crippen LogP contribution in [0.25, 0.3) is 10.2 Å². The summed E-state index contributed by atoms with van der Waals surface area (Å²) in [6.45, 7) is 0. The molecule has 1 aliphatic rings. The van der Waals surface area contributed by atoms with Crippen LogP contribution in [-0.4, -0.2) is 16.3 Å². The highest BCUT2D eigenvalue weighted by Gasteiger charge is 2.24. The summed E-state index contributed by atoms with van der Waals surface area (Å²) in [5.74, 6) is 0.160. The van der Waals surface area contributed by atoms with Crippen LogP contribution in [0.15, 0.2) is 6.33 Å². The summed E-state index contributed by atoms with van der Waals surface area (Å²) in [5.41, 5.74) is 1.25. The lowest BCUT2D eigenvalue weighted by Gasteiger charge is -2.16. The van der Waals surface area contributed by atoms with E-state index in [0.29, 0.717) is 5.15 Å². The molecule has 82 valence electrons. The Morgan fingerprint density at radius 1 is 1.50 bits per heavy atom. The van der Waals surface area contributed by atoms with Crippen LogP contribution in [0.4, 0.5) is 0 Å². The molecule has 2 heterocycles. The molecule has 0 N–H and O–H groups in total. The van der Waals surface area contributed by atoms with E-state index in [1.807, 2.05) is 0 Å². The maximum absolute atomic E-state index is 10.8. The molecule has 0 saturated heterocycles. The van der Waals surface area contributed by atoms with Crippen LogP contribution in [0, 0.1) is 5.92 Å². The molecule has 0 aromatic carbocycles. The van der Waals surface area contributed by atoms with Crippen molar-refractivity contribution in [1.29, 1.82) is 0 Å². The lowest BCUT2D eigenvalue weighted by molar-refractivity contribution is -0.111. The van der Waals surface area contributed by atoms with Crippen molar-refractivity contribution >= 4 is 39.4 Å². The van der Waals surface area contributed by atoms with E-state index in [0.717, 1.165) is 35.8 Å². The maximum atomic E-state index is 10.8. The van der Waals surface area contributed by atoms with Gasteiger partial charge < -0.3 is 4.79 Å². The number of aryl methyl sites for hydroxylation is 1. The van der Waals surface area contributed by atoms with Crippen molar-refractivity contribution in [3.8, 4) is 0 Å². The smallest absolute Gasteiger partial charge is 0.141 e. The number of nitrogens with zero attached hydrogens (tertiary/aromatic N) is 2. The molecule has 0 radical (unpaired) electrons. The van der Waals surface area contributed by atoms with Crippen LogP contribution in [0.1, 0.15) is 16.9 Å². The standard InChI is InChI=1S/C11H9ClN2OS/c12-10-9-7-2-1-6(4-15)3-8(7)16-11(9)14-5-13-10/h4-6H,1-3H2/t6-/m0/s1. The van der Waals surface area contributed by atoms with Crippen molar-refractivity contribution in [2.24, 2.45) is 5.92 Å². The van der Waals surface area contributed by atoms with Crippen LogP contribution in [0.5, 0.6) is 0 Å². The Labute approximate surface area is 101 Å². The zero-order valence-corrected chi connectivity index (χ0v) is 10.0. The van der Waals surface area contributed by atoms with Crippen molar-refractivity contribution in [3.05, 3.63) is 21.9 Å². The number of carbonyl (C=O) groups excluding carboxylic acids is 1. The first kappa shape index (κ1) is 10.2. The van der Waals surface area contributed by atoms with Crippen molar-refractivity contribution < 1.29 is 4.79 Å². The van der Waals surface area contributed by atoms with Crippen LogP contribution in [0.2, 0.25) is 5.15 Å². The lowest BCUT2D eigenvalue weighted by atomic mass is 9.89. The predicted molar refractivity (Wildman–Crippen MR) is 64.0 cm³/mol. The minimum Gasteiger partial charge on any atom is -0.303 e. The molecule has 3 nitrogen and oxygen atoms in total. The SMILES string of the molecule is O=C[C@H]1CCc2c(sc3ncnc(Cl)c23)C1. The molecule has 0 amide bonds. The summed E-state index contributed by atoms with van der Waals surface area (Å²) < 4.78 is 0. The van der Waals surface area contributed by atoms with Gasteiger partial charge in [-0.3, -0.25) is 0 Å². The molecule has 0 spiro atoms. The number of fused-ring (bicyclic) bond motifs is 3. The molecule has 1 aliphatic carbocycles. The van der Waals surface area contributed by atoms with Crippen LogP contribution in [0.3, 0.4) is 0 Å². The maximum Gasteiger partial charge on any atom is 0.141 e. The number of aldehydes is 1. The molecule has 2 aromatic heterocycles. The average molecular weight is 253 g/mol. The van der Waals surface area contributed by atoms with Gasteiger partial charge in [0.1, 0.15) is 22.6 Å².